The number of carboxylic acids is 2. The van der Waals surface area contributed by atoms with Gasteiger partial charge in [0.2, 0.25) is 17.7 Å². The third-order valence-corrected chi connectivity index (χ3v) is 5.46. The maximum absolute atomic E-state index is 12.9. The minimum Gasteiger partial charge on any atom is -0.481 e. The van der Waals surface area contributed by atoms with Crippen LogP contribution in [0, 0.1) is 5.92 Å². The Morgan fingerprint density at radius 1 is 0.861 bits per heavy atom. The zero-order chi connectivity index (χ0) is 27.3. The first-order valence-corrected chi connectivity index (χ1v) is 11.8. The third-order valence-electron chi connectivity index (χ3n) is 5.46. The monoisotopic (exact) mass is 507 g/mol. The number of nitrogens with one attached hydrogen (secondary N) is 3. The number of nitrogens with two attached hydrogens (primary N) is 2. The van der Waals surface area contributed by atoms with Crippen molar-refractivity contribution >= 4 is 29.7 Å². The van der Waals surface area contributed by atoms with Gasteiger partial charge >= 0.3 is 11.9 Å². The highest BCUT2D eigenvalue weighted by atomic mass is 16.4. The summed E-state index contributed by atoms with van der Waals surface area (Å²) < 4.78 is 0. The largest absolute Gasteiger partial charge is 0.481 e. The first-order chi connectivity index (χ1) is 17.0. The Bertz CT molecular complexity index is 894. The molecule has 0 fully saturated rings. The van der Waals surface area contributed by atoms with Crippen molar-refractivity contribution in [1.82, 2.24) is 16.0 Å². The van der Waals surface area contributed by atoms with E-state index in [0.717, 1.165) is 0 Å². The summed E-state index contributed by atoms with van der Waals surface area (Å²) in [7, 11) is 0. The molecule has 0 bridgehead atoms. The van der Waals surface area contributed by atoms with E-state index in [1.807, 2.05) is 0 Å². The molecule has 200 valence electrons. The van der Waals surface area contributed by atoms with Crippen molar-refractivity contribution in [2.45, 2.75) is 70.1 Å². The Labute approximate surface area is 210 Å². The van der Waals surface area contributed by atoms with Crippen LogP contribution in [0.25, 0.3) is 0 Å². The lowest BCUT2D eigenvalue weighted by atomic mass is 10.0. The van der Waals surface area contributed by atoms with Crippen molar-refractivity contribution in [2.24, 2.45) is 17.4 Å². The van der Waals surface area contributed by atoms with Crippen LogP contribution in [0.1, 0.15) is 45.1 Å². The van der Waals surface area contributed by atoms with E-state index in [0.29, 0.717) is 31.4 Å². The van der Waals surface area contributed by atoms with Gasteiger partial charge in [-0.1, -0.05) is 50.6 Å². The van der Waals surface area contributed by atoms with Gasteiger partial charge in [-0.2, -0.15) is 0 Å². The molecule has 1 aromatic carbocycles. The van der Waals surface area contributed by atoms with E-state index in [-0.39, 0.29) is 6.42 Å². The van der Waals surface area contributed by atoms with Crippen LogP contribution in [0.5, 0.6) is 0 Å². The Hall–Kier alpha value is -3.51. The van der Waals surface area contributed by atoms with Crippen LogP contribution in [0.4, 0.5) is 0 Å². The van der Waals surface area contributed by atoms with Crippen molar-refractivity contribution in [2.75, 3.05) is 6.54 Å². The van der Waals surface area contributed by atoms with E-state index < -0.39 is 66.2 Å². The number of benzene rings is 1. The molecule has 0 saturated heterocycles. The number of unbranched alkanes of at least 4 members (excludes halogenated alkanes) is 1. The van der Waals surface area contributed by atoms with Gasteiger partial charge in [-0.05, 0) is 30.9 Å². The average Bonchev–Trinajstić information content (AvgIpc) is 2.81. The lowest BCUT2D eigenvalue weighted by Crippen LogP contribution is -2.59. The van der Waals surface area contributed by atoms with Gasteiger partial charge in [0.25, 0.3) is 0 Å². The molecule has 0 aliphatic carbocycles. The quantitative estimate of drug-likeness (QED) is 0.141. The van der Waals surface area contributed by atoms with Gasteiger partial charge in [0, 0.05) is 6.42 Å². The molecule has 0 heterocycles. The summed E-state index contributed by atoms with van der Waals surface area (Å²) in [6, 6.07) is 3.85. The summed E-state index contributed by atoms with van der Waals surface area (Å²) in [6.07, 6.45) is 0.849. The smallest absolute Gasteiger partial charge is 0.326 e. The molecule has 9 N–H and O–H groups in total. The number of hydrogen-bond donors (Lipinski definition) is 7. The molecular weight excluding hydrogens is 470 g/mol. The summed E-state index contributed by atoms with van der Waals surface area (Å²) in [5, 5.41) is 26.0. The van der Waals surface area contributed by atoms with E-state index >= 15 is 0 Å². The molecule has 0 saturated carbocycles. The fourth-order valence-electron chi connectivity index (χ4n) is 3.40. The van der Waals surface area contributed by atoms with Crippen LogP contribution >= 0.6 is 0 Å². The highest BCUT2D eigenvalue weighted by molar-refractivity contribution is 5.95. The van der Waals surface area contributed by atoms with Crippen LogP contribution < -0.4 is 27.4 Å². The van der Waals surface area contributed by atoms with Gasteiger partial charge in [-0.15, -0.1) is 0 Å². The summed E-state index contributed by atoms with van der Waals surface area (Å²) in [5.74, 6) is -5.41. The first-order valence-electron chi connectivity index (χ1n) is 11.8. The van der Waals surface area contributed by atoms with E-state index in [9.17, 15) is 34.2 Å². The molecule has 0 aliphatic rings. The zero-order valence-electron chi connectivity index (χ0n) is 20.6. The first kappa shape index (κ1) is 30.5. The van der Waals surface area contributed by atoms with Gasteiger partial charge in [0.05, 0.1) is 12.5 Å². The van der Waals surface area contributed by atoms with Gasteiger partial charge < -0.3 is 37.6 Å². The summed E-state index contributed by atoms with van der Waals surface area (Å²) >= 11 is 0. The van der Waals surface area contributed by atoms with Gasteiger partial charge in [0.1, 0.15) is 18.1 Å². The maximum Gasteiger partial charge on any atom is 0.326 e. The Morgan fingerprint density at radius 3 is 2.00 bits per heavy atom. The number of carbonyl (C=O) groups is 5. The fraction of sp³-hybridized carbons (Fsp3) is 0.542. The highest BCUT2D eigenvalue weighted by Gasteiger charge is 2.32. The van der Waals surface area contributed by atoms with Gasteiger partial charge in [0.15, 0.2) is 0 Å². The van der Waals surface area contributed by atoms with E-state index in [1.165, 1.54) is 0 Å². The standard InChI is InChI=1S/C24H37N5O7/c1-14(2)20(23(34)28-18(24(35)36)12-15-8-4-3-5-9-15)29-22(33)17(13-19(30)31)27-21(32)16(26)10-6-7-11-25/h3-5,8-9,14,16-18,20H,6-7,10-13,25-26H2,1-2H3,(H,27,32)(H,28,34)(H,29,33)(H,30,31)(H,35,36). The Kier molecular flexibility index (Phi) is 13.1. The van der Waals surface area contributed by atoms with Crippen LogP contribution in [0.15, 0.2) is 30.3 Å². The van der Waals surface area contributed by atoms with Crippen molar-refractivity contribution < 1.29 is 34.2 Å². The Morgan fingerprint density at radius 2 is 1.47 bits per heavy atom. The molecule has 0 radical (unpaired) electrons. The topological polar surface area (TPSA) is 214 Å². The number of carboxylic acid groups (broad SMARTS) is 2. The second-order valence-electron chi connectivity index (χ2n) is 8.87. The number of amides is 3. The lowest BCUT2D eigenvalue weighted by Gasteiger charge is -2.26. The van der Waals surface area contributed by atoms with Gasteiger partial charge in [-0.25, -0.2) is 4.79 Å². The van der Waals surface area contributed by atoms with Crippen molar-refractivity contribution in [3.63, 3.8) is 0 Å². The van der Waals surface area contributed by atoms with Crippen molar-refractivity contribution in [1.29, 1.82) is 0 Å². The normalized spacial score (nSPS) is 14.2. The number of aliphatic carboxylic acids is 2. The molecule has 4 unspecified atom stereocenters. The fourth-order valence-corrected chi connectivity index (χ4v) is 3.40. The van der Waals surface area contributed by atoms with Gasteiger partial charge in [-0.3, -0.25) is 19.2 Å². The van der Waals surface area contributed by atoms with Crippen molar-refractivity contribution in [3.8, 4) is 0 Å². The maximum atomic E-state index is 12.9. The SMILES string of the molecule is CC(C)C(NC(=O)C(CC(=O)O)NC(=O)C(N)CCCCN)C(=O)NC(Cc1ccccc1)C(=O)O. The molecule has 1 aromatic rings. The van der Waals surface area contributed by atoms with E-state index in [2.05, 4.69) is 16.0 Å². The Balaban J connectivity index is 2.92. The predicted molar refractivity (Wildman–Crippen MR) is 132 cm³/mol. The predicted octanol–water partition coefficient (Wildman–Crippen LogP) is -0.645. The van der Waals surface area contributed by atoms with Crippen LogP contribution in [-0.4, -0.2) is 70.6 Å². The van der Waals surface area contributed by atoms with E-state index in [1.54, 1.807) is 44.2 Å². The molecular formula is C24H37N5O7. The highest BCUT2D eigenvalue weighted by Crippen LogP contribution is 2.08. The lowest BCUT2D eigenvalue weighted by molar-refractivity contribution is -0.143. The molecule has 0 spiro atoms. The molecule has 3 amide bonds. The molecule has 12 heteroatoms. The summed E-state index contributed by atoms with van der Waals surface area (Å²) in [5.41, 5.74) is 11.9. The average molecular weight is 508 g/mol. The summed E-state index contributed by atoms with van der Waals surface area (Å²) in [4.78, 5) is 61.2. The molecule has 12 nitrogen and oxygen atoms in total. The third kappa shape index (κ3) is 10.8. The second kappa shape index (κ2) is 15.5. The minimum absolute atomic E-state index is 0.0282. The molecule has 0 aliphatic heterocycles. The molecule has 4 atom stereocenters. The second-order valence-corrected chi connectivity index (χ2v) is 8.87. The van der Waals surface area contributed by atoms with Crippen LogP contribution in [-0.2, 0) is 30.4 Å². The molecule has 0 aromatic heterocycles. The molecule has 36 heavy (non-hydrogen) atoms. The number of carbonyl (C=O) groups excluding carboxylic acids is 3. The van der Waals surface area contributed by atoms with Crippen LogP contribution in [0.2, 0.25) is 0 Å². The summed E-state index contributed by atoms with van der Waals surface area (Å²) in [6.45, 7) is 3.70. The number of rotatable bonds is 16. The number of hydrogen-bond acceptors (Lipinski definition) is 7. The zero-order valence-corrected chi connectivity index (χ0v) is 20.6. The minimum atomic E-state index is -1.48. The van der Waals surface area contributed by atoms with Crippen LogP contribution in [0.3, 0.4) is 0 Å². The molecule has 1 rings (SSSR count). The van der Waals surface area contributed by atoms with Crippen molar-refractivity contribution in [3.05, 3.63) is 35.9 Å². The van der Waals surface area contributed by atoms with E-state index in [4.69, 9.17) is 11.5 Å².